The number of hydrogen-bond donors (Lipinski definition) is 2. The van der Waals surface area contributed by atoms with Gasteiger partial charge in [0.05, 0.1) is 5.02 Å². The lowest BCUT2D eigenvalue weighted by Gasteiger charge is -2.22. The molecule has 0 aromatic heterocycles. The van der Waals surface area contributed by atoms with Crippen LogP contribution in [0.5, 0.6) is 5.75 Å². The lowest BCUT2D eigenvalue weighted by molar-refractivity contribution is -0.154. The van der Waals surface area contributed by atoms with Gasteiger partial charge in [0.15, 0.2) is 12.7 Å². The quantitative estimate of drug-likeness (QED) is 0.692. The Kier molecular flexibility index (Phi) is 8.19. The summed E-state index contributed by atoms with van der Waals surface area (Å²) in [5, 5.41) is 5.57. The average Bonchev–Trinajstić information content (AvgIpc) is 2.62. The summed E-state index contributed by atoms with van der Waals surface area (Å²) >= 11 is 11.8. The van der Waals surface area contributed by atoms with Crippen molar-refractivity contribution in [2.24, 2.45) is 0 Å². The van der Waals surface area contributed by atoms with Crippen LogP contribution in [0.2, 0.25) is 10.0 Å². The molecule has 1 aliphatic carbocycles. The zero-order valence-corrected chi connectivity index (χ0v) is 16.4. The minimum atomic E-state index is -0.993. The average molecular weight is 417 g/mol. The molecule has 0 bridgehead atoms. The zero-order valence-electron chi connectivity index (χ0n) is 14.9. The molecule has 0 radical (unpaired) electrons. The SMILES string of the molecule is CC(Oc1ccc(Cl)cc1Cl)C(=O)OCC(=O)NC(=O)NC1CCCCC1. The summed E-state index contributed by atoms with van der Waals surface area (Å²) in [6.45, 7) is 0.875. The van der Waals surface area contributed by atoms with Crippen LogP contribution in [0.4, 0.5) is 4.79 Å². The minimum Gasteiger partial charge on any atom is -0.477 e. The van der Waals surface area contributed by atoms with E-state index in [0.29, 0.717) is 5.02 Å². The van der Waals surface area contributed by atoms with E-state index in [2.05, 4.69) is 10.6 Å². The smallest absolute Gasteiger partial charge is 0.347 e. The van der Waals surface area contributed by atoms with Crippen molar-refractivity contribution in [1.82, 2.24) is 10.6 Å². The van der Waals surface area contributed by atoms with Crippen molar-refractivity contribution in [2.45, 2.75) is 51.2 Å². The third-order valence-electron chi connectivity index (χ3n) is 4.07. The number of halogens is 2. The van der Waals surface area contributed by atoms with Crippen LogP contribution in [0.1, 0.15) is 39.0 Å². The zero-order chi connectivity index (χ0) is 19.8. The fraction of sp³-hybridized carbons (Fsp3) is 0.500. The van der Waals surface area contributed by atoms with E-state index in [9.17, 15) is 14.4 Å². The van der Waals surface area contributed by atoms with E-state index in [0.717, 1.165) is 32.1 Å². The van der Waals surface area contributed by atoms with Crippen LogP contribution in [0, 0.1) is 0 Å². The number of rotatable bonds is 6. The molecule has 1 aromatic rings. The molecule has 0 saturated heterocycles. The number of imide groups is 1. The van der Waals surface area contributed by atoms with E-state index in [1.54, 1.807) is 6.07 Å². The van der Waals surface area contributed by atoms with E-state index in [1.165, 1.54) is 19.1 Å². The maximum atomic E-state index is 11.9. The van der Waals surface area contributed by atoms with Gasteiger partial charge in [-0.2, -0.15) is 0 Å². The molecule has 1 aromatic carbocycles. The highest BCUT2D eigenvalue weighted by Crippen LogP contribution is 2.28. The van der Waals surface area contributed by atoms with Gasteiger partial charge >= 0.3 is 12.0 Å². The van der Waals surface area contributed by atoms with Crippen LogP contribution in [0.25, 0.3) is 0 Å². The van der Waals surface area contributed by atoms with Gasteiger partial charge in [-0.05, 0) is 38.0 Å². The van der Waals surface area contributed by atoms with Gasteiger partial charge in [0.1, 0.15) is 5.75 Å². The number of ether oxygens (including phenoxy) is 2. The van der Waals surface area contributed by atoms with Crippen molar-refractivity contribution in [3.8, 4) is 5.75 Å². The van der Waals surface area contributed by atoms with Crippen molar-refractivity contribution in [1.29, 1.82) is 0 Å². The van der Waals surface area contributed by atoms with Crippen LogP contribution in [0.15, 0.2) is 18.2 Å². The molecule has 1 atom stereocenters. The molecule has 1 aliphatic rings. The maximum absolute atomic E-state index is 11.9. The molecule has 2 rings (SSSR count). The summed E-state index contributed by atoms with van der Waals surface area (Å²) in [6.07, 6.45) is 4.10. The van der Waals surface area contributed by atoms with E-state index in [1.807, 2.05) is 0 Å². The fourth-order valence-corrected chi connectivity index (χ4v) is 3.15. The summed E-state index contributed by atoms with van der Waals surface area (Å²) in [6, 6.07) is 4.07. The summed E-state index contributed by atoms with van der Waals surface area (Å²) in [4.78, 5) is 35.5. The highest BCUT2D eigenvalue weighted by atomic mass is 35.5. The van der Waals surface area contributed by atoms with Crippen molar-refractivity contribution in [3.05, 3.63) is 28.2 Å². The predicted molar refractivity (Wildman–Crippen MR) is 101 cm³/mol. The molecule has 1 fully saturated rings. The lowest BCUT2D eigenvalue weighted by atomic mass is 9.96. The van der Waals surface area contributed by atoms with Gasteiger partial charge in [0, 0.05) is 11.1 Å². The first-order valence-electron chi connectivity index (χ1n) is 8.74. The summed E-state index contributed by atoms with van der Waals surface area (Å²) < 4.78 is 10.3. The Morgan fingerprint density at radius 2 is 1.89 bits per heavy atom. The maximum Gasteiger partial charge on any atom is 0.347 e. The van der Waals surface area contributed by atoms with Crippen molar-refractivity contribution in [2.75, 3.05) is 6.61 Å². The number of hydrogen-bond acceptors (Lipinski definition) is 5. The molecule has 1 unspecified atom stereocenters. The molecule has 2 N–H and O–H groups in total. The molecule has 3 amide bonds. The second-order valence-corrected chi connectivity index (χ2v) is 7.14. The number of carbonyl (C=O) groups excluding carboxylic acids is 3. The second kappa shape index (κ2) is 10.4. The van der Waals surface area contributed by atoms with E-state index >= 15 is 0 Å². The molecule has 0 aliphatic heterocycles. The Labute approximate surface area is 167 Å². The van der Waals surface area contributed by atoms with E-state index in [4.69, 9.17) is 32.7 Å². The van der Waals surface area contributed by atoms with Gasteiger partial charge in [-0.15, -0.1) is 0 Å². The number of nitrogens with one attached hydrogen (secondary N) is 2. The summed E-state index contributed by atoms with van der Waals surface area (Å²) in [7, 11) is 0. The molecular weight excluding hydrogens is 395 g/mol. The van der Waals surface area contributed by atoms with Crippen LogP contribution in [-0.4, -0.2) is 36.7 Å². The fourth-order valence-electron chi connectivity index (χ4n) is 2.69. The Bertz CT molecular complexity index is 692. The first-order chi connectivity index (χ1) is 12.8. The van der Waals surface area contributed by atoms with E-state index in [-0.39, 0.29) is 16.8 Å². The van der Waals surface area contributed by atoms with Gasteiger partial charge in [0.25, 0.3) is 5.91 Å². The molecule has 0 heterocycles. The number of benzene rings is 1. The largest absolute Gasteiger partial charge is 0.477 e. The van der Waals surface area contributed by atoms with Crippen LogP contribution >= 0.6 is 23.2 Å². The lowest BCUT2D eigenvalue weighted by Crippen LogP contribution is -2.46. The Morgan fingerprint density at radius 3 is 2.56 bits per heavy atom. The monoisotopic (exact) mass is 416 g/mol. The summed E-state index contributed by atoms with van der Waals surface area (Å²) in [5.74, 6) is -1.21. The molecule has 1 saturated carbocycles. The predicted octanol–water partition coefficient (Wildman–Crippen LogP) is 3.46. The number of urea groups is 1. The molecule has 9 heteroatoms. The van der Waals surface area contributed by atoms with Crippen LogP contribution in [0.3, 0.4) is 0 Å². The van der Waals surface area contributed by atoms with Gasteiger partial charge in [-0.1, -0.05) is 42.5 Å². The normalized spacial score (nSPS) is 15.5. The second-order valence-electron chi connectivity index (χ2n) is 6.30. The third kappa shape index (κ3) is 7.27. The van der Waals surface area contributed by atoms with E-state index < -0.39 is 30.6 Å². The van der Waals surface area contributed by atoms with Crippen LogP contribution < -0.4 is 15.4 Å². The van der Waals surface area contributed by atoms with Gasteiger partial charge in [0.2, 0.25) is 0 Å². The number of esters is 1. The molecule has 27 heavy (non-hydrogen) atoms. The highest BCUT2D eigenvalue weighted by Gasteiger charge is 2.21. The standard InChI is InChI=1S/C18H22Cl2N2O5/c1-11(27-15-8-7-12(19)9-14(15)20)17(24)26-10-16(23)22-18(25)21-13-5-3-2-4-6-13/h7-9,11,13H,2-6,10H2,1H3,(H2,21,22,23,25). The van der Waals surface area contributed by atoms with Gasteiger partial charge < -0.3 is 14.8 Å². The highest BCUT2D eigenvalue weighted by molar-refractivity contribution is 6.35. The minimum absolute atomic E-state index is 0.0756. The number of amides is 3. The van der Waals surface area contributed by atoms with Crippen molar-refractivity contribution >= 4 is 41.1 Å². The number of carbonyl (C=O) groups is 3. The van der Waals surface area contributed by atoms with Gasteiger partial charge in [-0.3, -0.25) is 10.1 Å². The van der Waals surface area contributed by atoms with Crippen molar-refractivity contribution < 1.29 is 23.9 Å². The molecule has 0 spiro atoms. The molecule has 7 nitrogen and oxygen atoms in total. The molecular formula is C18H22Cl2N2O5. The topological polar surface area (TPSA) is 93.7 Å². The first kappa shape index (κ1) is 21.3. The summed E-state index contributed by atoms with van der Waals surface area (Å²) in [5.41, 5.74) is 0. The first-order valence-corrected chi connectivity index (χ1v) is 9.49. The Balaban J connectivity index is 1.71. The van der Waals surface area contributed by atoms with Gasteiger partial charge in [-0.25, -0.2) is 9.59 Å². The third-order valence-corrected chi connectivity index (χ3v) is 4.60. The molecule has 148 valence electrons. The Morgan fingerprint density at radius 1 is 1.19 bits per heavy atom. The van der Waals surface area contributed by atoms with Crippen molar-refractivity contribution in [3.63, 3.8) is 0 Å². The van der Waals surface area contributed by atoms with Crippen LogP contribution in [-0.2, 0) is 14.3 Å². The Hall–Kier alpha value is -1.99.